The van der Waals surface area contributed by atoms with E-state index in [1.165, 1.54) is 23.9 Å². The summed E-state index contributed by atoms with van der Waals surface area (Å²) >= 11 is 1.50. The van der Waals surface area contributed by atoms with Gasteiger partial charge in [-0.15, -0.1) is 0 Å². The summed E-state index contributed by atoms with van der Waals surface area (Å²) in [6.07, 6.45) is 1.91. The van der Waals surface area contributed by atoms with E-state index in [0.29, 0.717) is 12.1 Å². The highest BCUT2D eigenvalue weighted by Gasteiger charge is 2.19. The average Bonchev–Trinajstić information content (AvgIpc) is 2.67. The third-order valence-electron chi connectivity index (χ3n) is 2.49. The summed E-state index contributed by atoms with van der Waals surface area (Å²) in [4.78, 5) is 13.4. The fourth-order valence-corrected chi connectivity index (χ4v) is 2.37. The summed E-state index contributed by atoms with van der Waals surface area (Å²) in [5.74, 6) is 0. The fourth-order valence-electron chi connectivity index (χ4n) is 1.75. The third-order valence-corrected chi connectivity index (χ3v) is 3.19. The lowest BCUT2D eigenvalue weighted by Crippen LogP contribution is -2.36. The molecule has 0 bridgehead atoms. The monoisotopic (exact) mass is 254 g/mol. The first-order valence-corrected chi connectivity index (χ1v) is 6.24. The molecular formula is C10H12N3O3S+. The maximum Gasteiger partial charge on any atom is 0.316 e. The number of aliphatic hydroxyl groups excluding tert-OH is 1. The third kappa shape index (κ3) is 2.11. The standard InChI is InChI=1S/C10H11N3O3S/c1-17-10-11-8-6-7(13(15)16)2-3-9(8)12(10)4-5-14/h2-3,6,14H,4-5H2,1H3/p+1. The van der Waals surface area contributed by atoms with Crippen LogP contribution in [0.4, 0.5) is 5.69 Å². The summed E-state index contributed by atoms with van der Waals surface area (Å²) < 4.78 is 1.91. The van der Waals surface area contributed by atoms with Crippen molar-refractivity contribution in [1.82, 2.24) is 4.98 Å². The lowest BCUT2D eigenvalue weighted by atomic mass is 10.3. The summed E-state index contributed by atoms with van der Waals surface area (Å²) in [6.45, 7) is 0.496. The van der Waals surface area contributed by atoms with Gasteiger partial charge in [0.1, 0.15) is 6.54 Å². The van der Waals surface area contributed by atoms with Crippen LogP contribution >= 0.6 is 11.8 Å². The van der Waals surface area contributed by atoms with Crippen molar-refractivity contribution in [3.05, 3.63) is 28.3 Å². The Morgan fingerprint density at radius 2 is 2.35 bits per heavy atom. The van der Waals surface area contributed by atoms with E-state index in [2.05, 4.69) is 4.98 Å². The number of rotatable bonds is 4. The average molecular weight is 254 g/mol. The number of fused-ring (bicyclic) bond motifs is 1. The van der Waals surface area contributed by atoms with Crippen LogP contribution in [0.3, 0.4) is 0 Å². The number of nitro benzene ring substituents is 1. The van der Waals surface area contributed by atoms with Gasteiger partial charge in [-0.1, -0.05) is 0 Å². The zero-order chi connectivity index (χ0) is 12.4. The predicted octanol–water partition coefficient (Wildman–Crippen LogP) is 1.08. The van der Waals surface area contributed by atoms with E-state index in [-0.39, 0.29) is 12.3 Å². The number of nitrogens with zero attached hydrogens (tertiary/aromatic N) is 2. The lowest BCUT2D eigenvalue weighted by Gasteiger charge is -1.96. The van der Waals surface area contributed by atoms with E-state index < -0.39 is 4.92 Å². The molecular weight excluding hydrogens is 242 g/mol. The van der Waals surface area contributed by atoms with Crippen LogP contribution in [0.2, 0.25) is 0 Å². The number of H-pyrrole nitrogens is 1. The number of nitrogens with one attached hydrogen (secondary N) is 1. The molecule has 1 aromatic heterocycles. The molecule has 0 atom stereocenters. The van der Waals surface area contributed by atoms with E-state index in [1.54, 1.807) is 6.07 Å². The number of hydrogen-bond donors (Lipinski definition) is 2. The number of non-ortho nitro benzene ring substituents is 1. The van der Waals surface area contributed by atoms with Crippen molar-refractivity contribution in [3.63, 3.8) is 0 Å². The van der Waals surface area contributed by atoms with Crippen LogP contribution in [0.1, 0.15) is 0 Å². The smallest absolute Gasteiger partial charge is 0.316 e. The Hall–Kier alpha value is -1.60. The first-order valence-electron chi connectivity index (χ1n) is 5.02. The fraction of sp³-hybridized carbons (Fsp3) is 0.300. The molecule has 0 amide bonds. The number of nitro groups is 1. The Bertz CT molecular complexity index is 567. The largest absolute Gasteiger partial charge is 0.392 e. The van der Waals surface area contributed by atoms with E-state index in [9.17, 15) is 10.1 Å². The number of benzene rings is 1. The Kier molecular flexibility index (Phi) is 3.30. The van der Waals surface area contributed by atoms with Crippen molar-refractivity contribution < 1.29 is 14.6 Å². The molecule has 0 aliphatic rings. The minimum absolute atomic E-state index is 0.0299. The first kappa shape index (κ1) is 11.9. The van der Waals surface area contributed by atoms with Crippen molar-refractivity contribution in [2.24, 2.45) is 0 Å². The number of thioether (sulfide) groups is 1. The van der Waals surface area contributed by atoms with Crippen LogP contribution in [0, 0.1) is 10.1 Å². The molecule has 0 saturated carbocycles. The molecule has 0 fully saturated rings. The second-order valence-corrected chi connectivity index (χ2v) is 4.26. The van der Waals surface area contributed by atoms with Crippen molar-refractivity contribution in [3.8, 4) is 0 Å². The summed E-state index contributed by atoms with van der Waals surface area (Å²) in [7, 11) is 0. The molecule has 0 radical (unpaired) electrons. The minimum atomic E-state index is -0.421. The van der Waals surface area contributed by atoms with Crippen LogP contribution in [0.5, 0.6) is 0 Å². The van der Waals surface area contributed by atoms with Crippen LogP contribution in [0.25, 0.3) is 11.0 Å². The van der Waals surface area contributed by atoms with Gasteiger partial charge in [0.2, 0.25) is 0 Å². The normalized spacial score (nSPS) is 10.9. The van der Waals surface area contributed by atoms with Crippen molar-refractivity contribution in [2.45, 2.75) is 11.7 Å². The molecule has 1 heterocycles. The molecule has 7 heteroatoms. The zero-order valence-electron chi connectivity index (χ0n) is 9.21. The molecule has 2 rings (SSSR count). The van der Waals surface area contributed by atoms with Gasteiger partial charge in [0.05, 0.1) is 17.6 Å². The SMILES string of the molecule is CSc1[nH]c2cc([N+](=O)[O-])ccc2[n+]1CCO. The van der Waals surface area contributed by atoms with Crippen LogP contribution in [-0.2, 0) is 6.54 Å². The van der Waals surface area contributed by atoms with Gasteiger partial charge in [-0.25, -0.2) is 9.55 Å². The molecule has 2 N–H and O–H groups in total. The van der Waals surface area contributed by atoms with Crippen LogP contribution < -0.4 is 4.57 Å². The second kappa shape index (κ2) is 4.72. The maximum atomic E-state index is 10.7. The molecule has 17 heavy (non-hydrogen) atoms. The number of imidazole rings is 1. The maximum absolute atomic E-state index is 10.7. The van der Waals surface area contributed by atoms with Crippen molar-refractivity contribution >= 4 is 28.5 Å². The van der Waals surface area contributed by atoms with Gasteiger partial charge in [0.15, 0.2) is 11.0 Å². The molecule has 0 unspecified atom stereocenters. The predicted molar refractivity (Wildman–Crippen MR) is 64.0 cm³/mol. The van der Waals surface area contributed by atoms with E-state index >= 15 is 0 Å². The van der Waals surface area contributed by atoms with E-state index in [1.807, 2.05) is 10.8 Å². The quantitative estimate of drug-likeness (QED) is 0.370. The molecule has 2 aromatic rings. The topological polar surface area (TPSA) is 83.0 Å². The lowest BCUT2D eigenvalue weighted by molar-refractivity contribution is -0.709. The Balaban J connectivity index is 2.61. The second-order valence-electron chi connectivity index (χ2n) is 3.47. The number of aromatic amines is 1. The Morgan fingerprint density at radius 1 is 1.59 bits per heavy atom. The van der Waals surface area contributed by atoms with Crippen LogP contribution in [0.15, 0.2) is 23.4 Å². The van der Waals surface area contributed by atoms with Crippen LogP contribution in [-0.4, -0.2) is 27.9 Å². The Labute approximate surface area is 101 Å². The van der Waals surface area contributed by atoms with Gasteiger partial charge in [-0.2, -0.15) is 0 Å². The van der Waals surface area contributed by atoms with E-state index in [0.717, 1.165) is 10.7 Å². The molecule has 1 aromatic carbocycles. The summed E-state index contributed by atoms with van der Waals surface area (Å²) in [5.41, 5.74) is 1.62. The molecule has 0 spiro atoms. The summed E-state index contributed by atoms with van der Waals surface area (Å²) in [5, 5.41) is 20.5. The minimum Gasteiger partial charge on any atom is -0.392 e. The highest BCUT2D eigenvalue weighted by molar-refractivity contribution is 7.98. The van der Waals surface area contributed by atoms with Gasteiger partial charge in [-0.05, 0) is 24.1 Å². The molecule has 0 saturated heterocycles. The van der Waals surface area contributed by atoms with Gasteiger partial charge in [0, 0.05) is 6.07 Å². The number of aliphatic hydroxyl groups is 1. The first-order chi connectivity index (χ1) is 8.17. The zero-order valence-corrected chi connectivity index (χ0v) is 10.0. The van der Waals surface area contributed by atoms with Crippen molar-refractivity contribution in [1.29, 1.82) is 0 Å². The van der Waals surface area contributed by atoms with E-state index in [4.69, 9.17) is 5.11 Å². The summed E-state index contributed by atoms with van der Waals surface area (Å²) in [6, 6.07) is 4.66. The highest BCUT2D eigenvalue weighted by atomic mass is 32.2. The number of aromatic nitrogens is 2. The molecule has 90 valence electrons. The molecule has 0 aliphatic carbocycles. The molecule has 6 nitrogen and oxygen atoms in total. The number of hydrogen-bond acceptors (Lipinski definition) is 4. The Morgan fingerprint density at radius 3 is 2.94 bits per heavy atom. The van der Waals surface area contributed by atoms with Gasteiger partial charge in [0.25, 0.3) is 5.69 Å². The van der Waals surface area contributed by atoms with Gasteiger partial charge >= 0.3 is 5.16 Å². The van der Waals surface area contributed by atoms with Crippen molar-refractivity contribution in [2.75, 3.05) is 12.9 Å². The molecule has 0 aliphatic heterocycles. The highest BCUT2D eigenvalue weighted by Crippen LogP contribution is 2.20. The van der Waals surface area contributed by atoms with Gasteiger partial charge < -0.3 is 5.11 Å². The van der Waals surface area contributed by atoms with Gasteiger partial charge in [-0.3, -0.25) is 10.1 Å².